The van der Waals surface area contributed by atoms with E-state index >= 15 is 0 Å². The number of carbonyl (C=O) groups excluding carboxylic acids is 2. The lowest BCUT2D eigenvalue weighted by atomic mass is 9.80. The number of rotatable bonds is 6. The molecule has 328 valence electrons. The van der Waals surface area contributed by atoms with Crippen molar-refractivity contribution in [1.29, 1.82) is 0 Å². The standard InChI is InChI=1S/C30H48N2.C14H23N.C4H7BO.C3H3ClO2/c1-27(2,3)21-15-22(28(4,5)6)18-25(17-21)31-13-14-32-26-19-23(29(7,8)9)16-24(20-26)30(10,11)12;1-13(2,3)10-7-11(14(4,5)6)9-12(15)8-10;5-4-2-1-3-6-4;1-2(5)3(4)6/h15-20,31-32H,13-14H2,1-12H3;7-9H,15H2,1-6H3;4H,1-3H2;1H3. The van der Waals surface area contributed by atoms with Gasteiger partial charge in [0.1, 0.15) is 7.85 Å². The number of hydrogen-bond acceptors (Lipinski definition) is 6. The zero-order chi connectivity index (χ0) is 45.9. The average Bonchev–Trinajstić information content (AvgIpc) is 3.55. The van der Waals surface area contributed by atoms with E-state index in [1.165, 1.54) is 44.8 Å². The van der Waals surface area contributed by atoms with E-state index in [4.69, 9.17) is 18.3 Å². The zero-order valence-electron chi connectivity index (χ0n) is 40.6. The number of nitrogen functional groups attached to an aromatic ring is 1. The Bertz CT molecular complexity index is 1620. The first kappa shape index (κ1) is 53.7. The highest BCUT2D eigenvalue weighted by Crippen LogP contribution is 2.34. The molecule has 1 heterocycles. The Morgan fingerprint density at radius 1 is 0.576 bits per heavy atom. The van der Waals surface area contributed by atoms with Crippen LogP contribution in [0.5, 0.6) is 0 Å². The van der Waals surface area contributed by atoms with Crippen LogP contribution in [0.25, 0.3) is 0 Å². The van der Waals surface area contributed by atoms with Crippen LogP contribution in [0, 0.1) is 0 Å². The van der Waals surface area contributed by atoms with Crippen LogP contribution in [0.15, 0.2) is 54.6 Å². The number of anilines is 3. The molecule has 6 nitrogen and oxygen atoms in total. The van der Waals surface area contributed by atoms with Gasteiger partial charge in [-0.05, 0) is 127 Å². The van der Waals surface area contributed by atoms with Gasteiger partial charge < -0.3 is 21.1 Å². The number of Topliss-reactive ketones (excluding diaryl/α,β-unsaturated/α-hetero) is 1. The van der Waals surface area contributed by atoms with Crippen molar-refractivity contribution in [3.05, 3.63) is 88.0 Å². The van der Waals surface area contributed by atoms with Gasteiger partial charge in [-0.1, -0.05) is 143 Å². The molecule has 0 aromatic heterocycles. The van der Waals surface area contributed by atoms with Gasteiger partial charge in [0, 0.05) is 49.7 Å². The number of ketones is 1. The second-order valence-corrected chi connectivity index (χ2v) is 22.5. The number of carbonyl (C=O) groups is 2. The molecular weight excluding hydrogens is 749 g/mol. The number of halogens is 1. The Morgan fingerprint density at radius 2 is 0.831 bits per heavy atom. The van der Waals surface area contributed by atoms with Gasteiger partial charge in [0.25, 0.3) is 5.24 Å². The van der Waals surface area contributed by atoms with Gasteiger partial charge in [-0.2, -0.15) is 0 Å². The van der Waals surface area contributed by atoms with E-state index in [1.807, 2.05) is 0 Å². The van der Waals surface area contributed by atoms with E-state index < -0.39 is 11.0 Å². The lowest BCUT2D eigenvalue weighted by molar-refractivity contribution is -0.130. The van der Waals surface area contributed by atoms with E-state index in [9.17, 15) is 9.59 Å². The summed E-state index contributed by atoms with van der Waals surface area (Å²) in [7, 11) is 5.31. The average molecular weight is 830 g/mol. The van der Waals surface area contributed by atoms with Crippen molar-refractivity contribution in [2.45, 2.75) is 183 Å². The molecule has 8 heteroatoms. The summed E-state index contributed by atoms with van der Waals surface area (Å²) in [5, 5.41) is 6.43. The van der Waals surface area contributed by atoms with Crippen LogP contribution in [-0.2, 0) is 46.8 Å². The van der Waals surface area contributed by atoms with Crippen LogP contribution in [0.3, 0.4) is 0 Å². The predicted molar refractivity (Wildman–Crippen MR) is 259 cm³/mol. The minimum atomic E-state index is -0.907. The molecule has 3 aromatic carbocycles. The van der Waals surface area contributed by atoms with E-state index in [0.29, 0.717) is 0 Å². The summed E-state index contributed by atoms with van der Waals surface area (Å²) in [6.07, 6.45) is 2.18. The minimum absolute atomic E-state index is 0.0463. The maximum atomic E-state index is 9.66. The van der Waals surface area contributed by atoms with Crippen molar-refractivity contribution in [3.63, 3.8) is 0 Å². The van der Waals surface area contributed by atoms with Gasteiger partial charge in [-0.25, -0.2) is 0 Å². The minimum Gasteiger partial charge on any atom is -0.399 e. The SMILES string of the molecule is CC(=O)C(=O)Cl.CC(C)(C)c1cc(N)cc(C(C)(C)C)c1.CC(C)(C)c1cc(NCCNc2cc(C(C)(C)C)cc(C(C)(C)C)c2)cc(C(C)(C)C)c1.[B]C1CCCO1. The van der Waals surface area contributed by atoms with E-state index in [2.05, 4.69) is 201 Å². The Hall–Kier alpha value is -3.29. The molecule has 1 atom stereocenters. The van der Waals surface area contributed by atoms with E-state index in [-0.39, 0.29) is 38.5 Å². The highest BCUT2D eigenvalue weighted by Gasteiger charge is 2.23. The van der Waals surface area contributed by atoms with Crippen LogP contribution in [0.2, 0.25) is 0 Å². The summed E-state index contributed by atoms with van der Waals surface area (Å²) in [5.41, 5.74) is 18.2. The van der Waals surface area contributed by atoms with Gasteiger partial charge in [0.2, 0.25) is 5.78 Å². The molecule has 0 amide bonds. The van der Waals surface area contributed by atoms with E-state index in [1.54, 1.807) is 0 Å². The number of ether oxygens (including phenoxy) is 1. The molecule has 0 bridgehead atoms. The van der Waals surface area contributed by atoms with Gasteiger partial charge in [-0.3, -0.25) is 9.59 Å². The molecule has 1 saturated heterocycles. The van der Waals surface area contributed by atoms with Crippen LogP contribution in [-0.4, -0.2) is 44.6 Å². The predicted octanol–water partition coefficient (Wildman–Crippen LogP) is 12.9. The number of benzene rings is 3. The first-order chi connectivity index (χ1) is 26.5. The third kappa shape index (κ3) is 20.2. The summed E-state index contributed by atoms with van der Waals surface area (Å²) in [5.74, 6) is -0.614. The molecule has 0 spiro atoms. The Kier molecular flexibility index (Phi) is 19.6. The molecule has 2 radical (unpaired) electrons. The summed E-state index contributed by atoms with van der Waals surface area (Å²) >= 11 is 4.62. The first-order valence-corrected chi connectivity index (χ1v) is 21.7. The number of hydrogen-bond donors (Lipinski definition) is 3. The molecule has 0 saturated carbocycles. The quantitative estimate of drug-likeness (QED) is 0.0753. The molecule has 4 N–H and O–H groups in total. The van der Waals surface area contributed by atoms with Crippen molar-refractivity contribution in [2.75, 3.05) is 36.1 Å². The molecular formula is C51H81BClN3O3. The van der Waals surface area contributed by atoms with Gasteiger partial charge in [-0.15, -0.1) is 0 Å². The van der Waals surface area contributed by atoms with Crippen molar-refractivity contribution < 1.29 is 14.3 Å². The smallest absolute Gasteiger partial charge is 0.287 e. The number of nitrogens with two attached hydrogens (primary N) is 1. The Labute approximate surface area is 367 Å². The highest BCUT2D eigenvalue weighted by atomic mass is 35.5. The Morgan fingerprint density at radius 3 is 1.00 bits per heavy atom. The molecule has 1 aliphatic heterocycles. The van der Waals surface area contributed by atoms with E-state index in [0.717, 1.165) is 45.1 Å². The maximum Gasteiger partial charge on any atom is 0.287 e. The molecule has 59 heavy (non-hydrogen) atoms. The van der Waals surface area contributed by atoms with Gasteiger partial charge in [0.05, 0.1) is 0 Å². The summed E-state index contributed by atoms with van der Waals surface area (Å²) < 4.78 is 4.93. The van der Waals surface area contributed by atoms with Crippen molar-refractivity contribution in [3.8, 4) is 0 Å². The first-order valence-electron chi connectivity index (χ1n) is 21.3. The molecule has 0 aliphatic carbocycles. The van der Waals surface area contributed by atoms with Crippen LogP contribution < -0.4 is 16.4 Å². The highest BCUT2D eigenvalue weighted by molar-refractivity contribution is 6.80. The fraction of sp³-hybridized carbons (Fsp3) is 0.608. The van der Waals surface area contributed by atoms with Crippen LogP contribution >= 0.6 is 11.6 Å². The van der Waals surface area contributed by atoms with Crippen LogP contribution in [0.1, 0.15) is 178 Å². The normalized spacial score (nSPS) is 14.7. The Balaban J connectivity index is 0.000000522. The molecule has 1 fully saturated rings. The fourth-order valence-electron chi connectivity index (χ4n) is 5.73. The summed E-state index contributed by atoms with van der Waals surface area (Å²) in [4.78, 5) is 19.2. The maximum absolute atomic E-state index is 9.66. The number of nitrogens with one attached hydrogen (secondary N) is 2. The third-order valence-corrected chi connectivity index (χ3v) is 10.3. The topological polar surface area (TPSA) is 93.5 Å². The summed E-state index contributed by atoms with van der Waals surface area (Å²) in [6, 6.07) is 20.5. The van der Waals surface area contributed by atoms with Crippen LogP contribution in [0.4, 0.5) is 17.1 Å². The zero-order valence-corrected chi connectivity index (χ0v) is 41.3. The van der Waals surface area contributed by atoms with Crippen molar-refractivity contribution >= 4 is 47.5 Å². The molecule has 1 aliphatic rings. The fourth-order valence-corrected chi connectivity index (χ4v) is 5.73. The van der Waals surface area contributed by atoms with Crippen molar-refractivity contribution in [2.24, 2.45) is 0 Å². The van der Waals surface area contributed by atoms with Crippen molar-refractivity contribution in [1.82, 2.24) is 0 Å². The lowest BCUT2D eigenvalue weighted by Gasteiger charge is -2.27. The monoisotopic (exact) mass is 830 g/mol. The largest absolute Gasteiger partial charge is 0.399 e. The third-order valence-electron chi connectivity index (χ3n) is 10.0. The lowest BCUT2D eigenvalue weighted by Crippen LogP contribution is -2.20. The second kappa shape index (κ2) is 21.5. The van der Waals surface area contributed by atoms with Gasteiger partial charge in [0.15, 0.2) is 0 Å². The molecule has 3 aromatic rings. The molecule has 4 rings (SSSR count). The molecule has 1 unspecified atom stereocenters. The second-order valence-electron chi connectivity index (χ2n) is 22.2. The van der Waals surface area contributed by atoms with Gasteiger partial charge >= 0.3 is 0 Å². The summed E-state index contributed by atoms with van der Waals surface area (Å²) in [6.45, 7) is 44.5.